The summed E-state index contributed by atoms with van der Waals surface area (Å²) in [6, 6.07) is 0. The van der Waals surface area contributed by atoms with E-state index in [1.165, 1.54) is 7.11 Å². The van der Waals surface area contributed by atoms with E-state index in [-0.39, 0.29) is 18.1 Å². The minimum Gasteiger partial charge on any atom is -0.391 e. The van der Waals surface area contributed by atoms with E-state index in [4.69, 9.17) is 9.47 Å². The first-order valence-corrected chi connectivity index (χ1v) is 7.41. The van der Waals surface area contributed by atoms with Gasteiger partial charge < -0.3 is 19.9 Å². The monoisotopic (exact) mass is 269 g/mol. The minimum absolute atomic E-state index is 0.0516. The van der Waals surface area contributed by atoms with Crippen molar-refractivity contribution < 1.29 is 23.0 Å². The van der Waals surface area contributed by atoms with Gasteiger partial charge in [0.15, 0.2) is 9.84 Å². The average Bonchev–Trinajstić information content (AvgIpc) is 2.24. The molecule has 7 heteroatoms. The Morgan fingerprint density at radius 3 is 2.47 bits per heavy atom. The van der Waals surface area contributed by atoms with Gasteiger partial charge in [0.05, 0.1) is 24.2 Å². The number of hydrogen-bond acceptors (Lipinski definition) is 6. The van der Waals surface area contributed by atoms with E-state index in [1.54, 1.807) is 7.11 Å². The maximum atomic E-state index is 11.5. The summed E-state index contributed by atoms with van der Waals surface area (Å²) < 4.78 is 32.7. The number of nitrogens with one attached hydrogen (secondary N) is 1. The first kappa shape index (κ1) is 16.8. The van der Waals surface area contributed by atoms with Gasteiger partial charge in [-0.1, -0.05) is 0 Å². The van der Waals surface area contributed by atoms with Crippen molar-refractivity contribution in [1.82, 2.24) is 5.32 Å². The molecule has 1 atom stereocenters. The van der Waals surface area contributed by atoms with Crippen molar-refractivity contribution in [3.8, 4) is 0 Å². The molecule has 0 aromatic rings. The molecule has 0 aliphatic heterocycles. The highest BCUT2D eigenvalue weighted by atomic mass is 32.2. The first-order valence-electron chi connectivity index (χ1n) is 5.59. The number of ether oxygens (including phenoxy) is 2. The van der Waals surface area contributed by atoms with Crippen LogP contribution in [0, 0.1) is 0 Å². The van der Waals surface area contributed by atoms with Gasteiger partial charge in [-0.15, -0.1) is 0 Å². The summed E-state index contributed by atoms with van der Waals surface area (Å²) in [5.41, 5.74) is 0. The molecule has 0 radical (unpaired) electrons. The summed E-state index contributed by atoms with van der Waals surface area (Å²) in [5, 5.41) is 12.4. The van der Waals surface area contributed by atoms with E-state index >= 15 is 0 Å². The van der Waals surface area contributed by atoms with Crippen molar-refractivity contribution >= 4 is 9.84 Å². The average molecular weight is 269 g/mol. The van der Waals surface area contributed by atoms with Gasteiger partial charge in [-0.05, 0) is 6.42 Å². The normalized spacial score (nSPS) is 13.8. The standard InChI is InChI=1S/C10H23NO5S/c1-15-5-3-7-17(13,14)9-10(12)8-11-4-6-16-2/h10-12H,3-9H2,1-2H3. The molecule has 104 valence electrons. The SMILES string of the molecule is COCCCS(=O)(=O)CC(O)CNCCOC. The van der Waals surface area contributed by atoms with E-state index in [9.17, 15) is 13.5 Å². The molecule has 0 spiro atoms. The van der Waals surface area contributed by atoms with Crippen LogP contribution in [0.5, 0.6) is 0 Å². The van der Waals surface area contributed by atoms with Crippen molar-refractivity contribution in [2.45, 2.75) is 12.5 Å². The lowest BCUT2D eigenvalue weighted by Crippen LogP contribution is -2.34. The van der Waals surface area contributed by atoms with Gasteiger partial charge in [0.2, 0.25) is 0 Å². The number of methoxy groups -OCH3 is 2. The van der Waals surface area contributed by atoms with Crippen molar-refractivity contribution in [2.24, 2.45) is 0 Å². The third-order valence-electron chi connectivity index (χ3n) is 2.11. The summed E-state index contributed by atoms with van der Waals surface area (Å²) in [6.45, 7) is 1.80. The smallest absolute Gasteiger partial charge is 0.152 e. The highest BCUT2D eigenvalue weighted by molar-refractivity contribution is 7.91. The Kier molecular flexibility index (Phi) is 9.66. The topological polar surface area (TPSA) is 84.9 Å². The Labute approximate surface area is 103 Å². The second-order valence-electron chi connectivity index (χ2n) is 3.81. The fraction of sp³-hybridized carbons (Fsp3) is 1.00. The van der Waals surface area contributed by atoms with Crippen molar-refractivity contribution in [2.75, 3.05) is 52.0 Å². The molecule has 0 fully saturated rings. The van der Waals surface area contributed by atoms with E-state index in [1.807, 2.05) is 0 Å². The maximum Gasteiger partial charge on any atom is 0.152 e. The largest absolute Gasteiger partial charge is 0.391 e. The van der Waals surface area contributed by atoms with Crippen LogP contribution in [0.4, 0.5) is 0 Å². The second-order valence-corrected chi connectivity index (χ2v) is 6.04. The van der Waals surface area contributed by atoms with Gasteiger partial charge in [0.25, 0.3) is 0 Å². The van der Waals surface area contributed by atoms with Crippen LogP contribution in [-0.2, 0) is 19.3 Å². The molecule has 1 unspecified atom stereocenters. The summed E-state index contributed by atoms with van der Waals surface area (Å²) in [5.74, 6) is -0.160. The molecule has 2 N–H and O–H groups in total. The zero-order chi connectivity index (χ0) is 13.1. The van der Waals surface area contributed by atoms with Crippen LogP contribution in [-0.4, -0.2) is 71.7 Å². The van der Waals surface area contributed by atoms with Crippen LogP contribution in [0.3, 0.4) is 0 Å². The third-order valence-corrected chi connectivity index (χ3v) is 3.92. The summed E-state index contributed by atoms with van der Waals surface area (Å²) in [4.78, 5) is 0. The summed E-state index contributed by atoms with van der Waals surface area (Å²) in [7, 11) is -0.0863. The molecule has 0 heterocycles. The number of sulfone groups is 1. The second kappa shape index (κ2) is 9.78. The Morgan fingerprint density at radius 1 is 1.24 bits per heavy atom. The highest BCUT2D eigenvalue weighted by Crippen LogP contribution is 1.98. The maximum absolute atomic E-state index is 11.5. The van der Waals surface area contributed by atoms with Crippen molar-refractivity contribution in [1.29, 1.82) is 0 Å². The van der Waals surface area contributed by atoms with E-state index in [0.717, 1.165) is 0 Å². The summed E-state index contributed by atoms with van der Waals surface area (Å²) >= 11 is 0. The lowest BCUT2D eigenvalue weighted by molar-refractivity contribution is 0.174. The van der Waals surface area contributed by atoms with Crippen LogP contribution in [0.1, 0.15) is 6.42 Å². The van der Waals surface area contributed by atoms with Crippen LogP contribution in [0.25, 0.3) is 0 Å². The molecule has 0 rings (SSSR count). The van der Waals surface area contributed by atoms with E-state index in [0.29, 0.717) is 26.2 Å². The highest BCUT2D eigenvalue weighted by Gasteiger charge is 2.16. The first-order chi connectivity index (χ1) is 8.02. The Morgan fingerprint density at radius 2 is 1.88 bits per heavy atom. The van der Waals surface area contributed by atoms with Gasteiger partial charge in [-0.25, -0.2) is 8.42 Å². The van der Waals surface area contributed by atoms with Gasteiger partial charge in [0, 0.05) is 33.9 Å². The van der Waals surface area contributed by atoms with Gasteiger partial charge in [-0.2, -0.15) is 0 Å². The fourth-order valence-corrected chi connectivity index (χ4v) is 2.73. The van der Waals surface area contributed by atoms with Gasteiger partial charge in [0.1, 0.15) is 0 Å². The van der Waals surface area contributed by atoms with E-state index in [2.05, 4.69) is 5.32 Å². The van der Waals surface area contributed by atoms with E-state index < -0.39 is 15.9 Å². The predicted octanol–water partition coefficient (Wildman–Crippen LogP) is -0.965. The number of hydrogen-bond donors (Lipinski definition) is 2. The van der Waals surface area contributed by atoms with Crippen LogP contribution in [0.2, 0.25) is 0 Å². The predicted molar refractivity (Wildman–Crippen MR) is 65.9 cm³/mol. The van der Waals surface area contributed by atoms with Crippen LogP contribution in [0.15, 0.2) is 0 Å². The molecule has 0 saturated carbocycles. The zero-order valence-corrected chi connectivity index (χ0v) is 11.3. The molecule has 0 saturated heterocycles. The number of aliphatic hydroxyl groups excluding tert-OH is 1. The molecule has 0 bridgehead atoms. The Balaban J connectivity index is 3.73. The third kappa shape index (κ3) is 10.7. The van der Waals surface area contributed by atoms with Crippen LogP contribution < -0.4 is 5.32 Å². The lowest BCUT2D eigenvalue weighted by atomic mass is 10.4. The lowest BCUT2D eigenvalue weighted by Gasteiger charge is -2.12. The van der Waals surface area contributed by atoms with Crippen molar-refractivity contribution in [3.63, 3.8) is 0 Å². The molecule has 0 aliphatic rings. The van der Waals surface area contributed by atoms with Gasteiger partial charge in [-0.3, -0.25) is 0 Å². The molecule has 0 aliphatic carbocycles. The molecule has 0 aromatic heterocycles. The number of rotatable bonds is 11. The fourth-order valence-electron chi connectivity index (χ4n) is 1.30. The molecule has 0 amide bonds. The Bertz CT molecular complexity index is 268. The molecule has 6 nitrogen and oxygen atoms in total. The zero-order valence-electron chi connectivity index (χ0n) is 10.5. The van der Waals surface area contributed by atoms with Crippen molar-refractivity contribution in [3.05, 3.63) is 0 Å². The number of aliphatic hydroxyl groups is 1. The Hall–Kier alpha value is -0.210. The summed E-state index contributed by atoms with van der Waals surface area (Å²) in [6.07, 6.45) is -0.415. The minimum atomic E-state index is -3.20. The molecule has 17 heavy (non-hydrogen) atoms. The molecule has 0 aromatic carbocycles. The van der Waals surface area contributed by atoms with Crippen LogP contribution >= 0.6 is 0 Å². The van der Waals surface area contributed by atoms with Gasteiger partial charge >= 0.3 is 0 Å². The quantitative estimate of drug-likeness (QED) is 0.470. The molecular formula is C10H23NO5S. The molecular weight excluding hydrogens is 246 g/mol.